The minimum Gasteiger partial charge on any atom is -0.406 e. The van der Waals surface area contributed by atoms with E-state index in [2.05, 4.69) is 10.1 Å². The lowest BCUT2D eigenvalue weighted by Gasteiger charge is -2.10. The summed E-state index contributed by atoms with van der Waals surface area (Å²) in [5.74, 6) is -0.876. The van der Waals surface area contributed by atoms with Crippen LogP contribution in [-0.4, -0.2) is 12.3 Å². The van der Waals surface area contributed by atoms with Crippen LogP contribution in [0.25, 0.3) is 0 Å². The van der Waals surface area contributed by atoms with E-state index in [1.807, 2.05) is 0 Å². The number of carbonyl (C=O) groups is 1. The highest BCUT2D eigenvalue weighted by Gasteiger charge is 2.31. The Labute approximate surface area is 123 Å². The molecule has 0 unspecified atom stereocenters. The van der Waals surface area contributed by atoms with Gasteiger partial charge in [0.25, 0.3) is 5.91 Å². The van der Waals surface area contributed by atoms with Crippen molar-refractivity contribution in [1.82, 2.24) is 0 Å². The molecular weight excluding hydrogens is 307 g/mol. The van der Waals surface area contributed by atoms with Gasteiger partial charge in [0.1, 0.15) is 5.75 Å². The number of para-hydroxylation sites is 1. The highest BCUT2D eigenvalue weighted by molar-refractivity contribution is 6.33. The van der Waals surface area contributed by atoms with Crippen LogP contribution in [0.2, 0.25) is 5.02 Å². The Morgan fingerprint density at radius 1 is 1.05 bits per heavy atom. The average Bonchev–Trinajstić information content (AvgIpc) is 2.40. The molecule has 2 aromatic rings. The van der Waals surface area contributed by atoms with Gasteiger partial charge in [-0.1, -0.05) is 23.7 Å². The second-order valence-corrected chi connectivity index (χ2v) is 4.41. The summed E-state index contributed by atoms with van der Waals surface area (Å²) in [4.78, 5) is 11.9. The smallest absolute Gasteiger partial charge is 0.406 e. The van der Waals surface area contributed by atoms with E-state index in [4.69, 9.17) is 11.6 Å². The molecule has 21 heavy (non-hydrogen) atoms. The van der Waals surface area contributed by atoms with Gasteiger partial charge in [0, 0.05) is 5.56 Å². The van der Waals surface area contributed by atoms with Crippen molar-refractivity contribution in [3.63, 3.8) is 0 Å². The molecule has 0 bridgehead atoms. The van der Waals surface area contributed by atoms with E-state index < -0.39 is 18.0 Å². The summed E-state index contributed by atoms with van der Waals surface area (Å²) in [6.45, 7) is 0. The van der Waals surface area contributed by atoms with Crippen LogP contribution in [0.1, 0.15) is 10.4 Å². The predicted octanol–water partition coefficient (Wildman–Crippen LogP) is 4.49. The van der Waals surface area contributed by atoms with Gasteiger partial charge in [-0.15, -0.1) is 13.2 Å². The van der Waals surface area contributed by atoms with Gasteiger partial charge in [0.2, 0.25) is 0 Å². The van der Waals surface area contributed by atoms with Gasteiger partial charge in [0.05, 0.1) is 10.7 Å². The van der Waals surface area contributed by atoms with Gasteiger partial charge in [-0.25, -0.2) is 0 Å². The SMILES string of the molecule is O=C(Nc1ccccc1Cl)c1ccc(OC(F)(F)F)cc1. The highest BCUT2D eigenvalue weighted by atomic mass is 35.5. The van der Waals surface area contributed by atoms with E-state index in [9.17, 15) is 18.0 Å². The number of hydrogen-bond donors (Lipinski definition) is 1. The topological polar surface area (TPSA) is 38.3 Å². The van der Waals surface area contributed by atoms with Gasteiger partial charge in [-0.05, 0) is 36.4 Å². The van der Waals surface area contributed by atoms with Crippen LogP contribution in [0.3, 0.4) is 0 Å². The summed E-state index contributed by atoms with van der Waals surface area (Å²) in [6, 6.07) is 11.2. The fraction of sp³-hybridized carbons (Fsp3) is 0.0714. The Morgan fingerprint density at radius 2 is 1.67 bits per heavy atom. The number of hydrogen-bond acceptors (Lipinski definition) is 2. The van der Waals surface area contributed by atoms with Crippen molar-refractivity contribution in [2.45, 2.75) is 6.36 Å². The van der Waals surface area contributed by atoms with Gasteiger partial charge >= 0.3 is 6.36 Å². The first-order valence-electron chi connectivity index (χ1n) is 5.77. The lowest BCUT2D eigenvalue weighted by Crippen LogP contribution is -2.17. The molecule has 1 amide bonds. The van der Waals surface area contributed by atoms with E-state index >= 15 is 0 Å². The Balaban J connectivity index is 2.08. The van der Waals surface area contributed by atoms with Crippen LogP contribution in [0.15, 0.2) is 48.5 Å². The molecule has 0 radical (unpaired) electrons. The maximum Gasteiger partial charge on any atom is 0.573 e. The number of halogens is 4. The number of carbonyl (C=O) groups excluding carboxylic acids is 1. The summed E-state index contributed by atoms with van der Waals surface area (Å²) < 4.78 is 39.8. The molecule has 0 saturated heterocycles. The number of rotatable bonds is 3. The van der Waals surface area contributed by atoms with Crippen LogP contribution in [0.4, 0.5) is 18.9 Å². The lowest BCUT2D eigenvalue weighted by atomic mass is 10.2. The average molecular weight is 316 g/mol. The summed E-state index contributed by atoms with van der Waals surface area (Å²) in [5, 5.41) is 2.92. The van der Waals surface area contributed by atoms with Crippen molar-refractivity contribution < 1.29 is 22.7 Å². The molecule has 0 saturated carbocycles. The number of alkyl halides is 3. The van der Waals surface area contributed by atoms with Crippen LogP contribution in [-0.2, 0) is 0 Å². The number of ether oxygens (including phenoxy) is 1. The number of anilines is 1. The fourth-order valence-corrected chi connectivity index (χ4v) is 1.75. The second kappa shape index (κ2) is 6.05. The minimum atomic E-state index is -4.76. The Kier molecular flexibility index (Phi) is 4.37. The highest BCUT2D eigenvalue weighted by Crippen LogP contribution is 2.24. The first-order valence-corrected chi connectivity index (χ1v) is 6.14. The molecule has 0 aromatic heterocycles. The summed E-state index contributed by atoms with van der Waals surface area (Å²) in [5.41, 5.74) is 0.601. The quantitative estimate of drug-likeness (QED) is 0.906. The monoisotopic (exact) mass is 315 g/mol. The Morgan fingerprint density at radius 3 is 2.24 bits per heavy atom. The molecule has 110 valence electrons. The van der Waals surface area contributed by atoms with Gasteiger partial charge in [-0.2, -0.15) is 0 Å². The third-order valence-electron chi connectivity index (χ3n) is 2.47. The van der Waals surface area contributed by atoms with Crippen molar-refractivity contribution in [1.29, 1.82) is 0 Å². The molecule has 0 aliphatic heterocycles. The lowest BCUT2D eigenvalue weighted by molar-refractivity contribution is -0.274. The predicted molar refractivity (Wildman–Crippen MR) is 72.5 cm³/mol. The zero-order chi connectivity index (χ0) is 15.5. The zero-order valence-corrected chi connectivity index (χ0v) is 11.2. The van der Waals surface area contributed by atoms with Crippen molar-refractivity contribution >= 4 is 23.2 Å². The number of nitrogens with one attached hydrogen (secondary N) is 1. The molecule has 0 aliphatic carbocycles. The molecular formula is C14H9ClF3NO2. The van der Waals surface area contributed by atoms with Crippen LogP contribution in [0.5, 0.6) is 5.75 Å². The third kappa shape index (κ3) is 4.39. The maximum absolute atomic E-state index is 12.0. The minimum absolute atomic E-state index is 0.185. The van der Waals surface area contributed by atoms with Crippen molar-refractivity contribution in [2.75, 3.05) is 5.32 Å². The molecule has 2 rings (SSSR count). The summed E-state index contributed by atoms with van der Waals surface area (Å²) >= 11 is 5.89. The first kappa shape index (κ1) is 15.2. The molecule has 3 nitrogen and oxygen atoms in total. The standard InChI is InChI=1S/C14H9ClF3NO2/c15-11-3-1-2-4-12(11)19-13(20)9-5-7-10(8-6-9)21-14(16,17)18/h1-8H,(H,19,20). The van der Waals surface area contributed by atoms with Crippen molar-refractivity contribution in [3.05, 3.63) is 59.1 Å². The maximum atomic E-state index is 12.0. The summed E-state index contributed by atoms with van der Waals surface area (Å²) in [6.07, 6.45) is -4.76. The van der Waals surface area contributed by atoms with Crippen molar-refractivity contribution in [2.24, 2.45) is 0 Å². The van der Waals surface area contributed by atoms with Crippen LogP contribution >= 0.6 is 11.6 Å². The molecule has 0 atom stereocenters. The molecule has 1 N–H and O–H groups in total. The van der Waals surface area contributed by atoms with E-state index in [1.54, 1.807) is 24.3 Å². The second-order valence-electron chi connectivity index (χ2n) is 4.01. The third-order valence-corrected chi connectivity index (χ3v) is 2.80. The first-order chi connectivity index (χ1) is 9.85. The van der Waals surface area contributed by atoms with Crippen LogP contribution in [0, 0.1) is 0 Å². The molecule has 0 aliphatic rings. The van der Waals surface area contributed by atoms with Gasteiger partial charge in [-0.3, -0.25) is 4.79 Å². The number of benzene rings is 2. The van der Waals surface area contributed by atoms with E-state index in [-0.39, 0.29) is 5.56 Å². The Hall–Kier alpha value is -2.21. The van der Waals surface area contributed by atoms with E-state index in [0.717, 1.165) is 12.1 Å². The van der Waals surface area contributed by atoms with E-state index in [0.29, 0.717) is 10.7 Å². The molecule has 7 heteroatoms. The normalized spacial score (nSPS) is 11.0. The van der Waals surface area contributed by atoms with Gasteiger partial charge < -0.3 is 10.1 Å². The zero-order valence-electron chi connectivity index (χ0n) is 10.4. The largest absolute Gasteiger partial charge is 0.573 e. The molecule has 0 spiro atoms. The molecule has 0 fully saturated rings. The number of amides is 1. The fourth-order valence-electron chi connectivity index (χ4n) is 1.57. The molecule has 0 heterocycles. The van der Waals surface area contributed by atoms with E-state index in [1.165, 1.54) is 12.1 Å². The van der Waals surface area contributed by atoms with Crippen molar-refractivity contribution in [3.8, 4) is 5.75 Å². The summed E-state index contributed by atoms with van der Waals surface area (Å²) in [7, 11) is 0. The molecule has 2 aromatic carbocycles. The Bertz CT molecular complexity index is 641. The van der Waals surface area contributed by atoms with Gasteiger partial charge in [0.15, 0.2) is 0 Å². The van der Waals surface area contributed by atoms with Crippen LogP contribution < -0.4 is 10.1 Å².